The molecule has 2 atom stereocenters. The van der Waals surface area contributed by atoms with Crippen LogP contribution in [-0.2, 0) is 11.8 Å². The maximum absolute atomic E-state index is 12.1. The lowest BCUT2D eigenvalue weighted by Gasteiger charge is -2.29. The second-order valence-electron chi connectivity index (χ2n) is 6.46. The Balaban J connectivity index is 1.51. The monoisotopic (exact) mass is 328 g/mol. The molecule has 0 bridgehead atoms. The number of amides is 1. The molecule has 0 spiro atoms. The van der Waals surface area contributed by atoms with E-state index in [0.29, 0.717) is 11.7 Å². The third-order valence-corrected chi connectivity index (χ3v) is 4.65. The molecule has 6 nitrogen and oxygen atoms in total. The largest absolute Gasteiger partial charge is 0.484 e. The summed E-state index contributed by atoms with van der Waals surface area (Å²) in [4.78, 5) is 16.3. The Kier molecular flexibility index (Phi) is 5.13. The average Bonchev–Trinajstić information content (AvgIpc) is 3.02. The number of benzene rings is 1. The van der Waals surface area contributed by atoms with Gasteiger partial charge in [-0.1, -0.05) is 19.8 Å². The minimum Gasteiger partial charge on any atom is -0.484 e. The molecule has 1 amide bonds. The predicted molar refractivity (Wildman–Crippen MR) is 91.5 cm³/mol. The SMILES string of the molecule is CC1CCCCC1NC(=O)COc1ccc(-c2ncnn2C)cc1. The molecule has 0 saturated heterocycles. The summed E-state index contributed by atoms with van der Waals surface area (Å²) >= 11 is 0. The van der Waals surface area contributed by atoms with E-state index >= 15 is 0 Å². The van der Waals surface area contributed by atoms with Gasteiger partial charge in [0.1, 0.15) is 12.1 Å². The van der Waals surface area contributed by atoms with Gasteiger partial charge >= 0.3 is 0 Å². The molecule has 3 rings (SSSR count). The zero-order valence-electron chi connectivity index (χ0n) is 14.2. The van der Waals surface area contributed by atoms with Gasteiger partial charge in [-0.15, -0.1) is 0 Å². The number of carbonyl (C=O) groups excluding carboxylic acids is 1. The lowest BCUT2D eigenvalue weighted by atomic mass is 9.86. The van der Waals surface area contributed by atoms with E-state index in [9.17, 15) is 4.79 Å². The first-order valence-electron chi connectivity index (χ1n) is 8.50. The van der Waals surface area contributed by atoms with Crippen LogP contribution in [0.3, 0.4) is 0 Å². The van der Waals surface area contributed by atoms with Gasteiger partial charge in [0, 0.05) is 18.7 Å². The first kappa shape index (κ1) is 16.5. The van der Waals surface area contributed by atoms with Crippen LogP contribution in [0, 0.1) is 5.92 Å². The summed E-state index contributed by atoms with van der Waals surface area (Å²) in [6.45, 7) is 2.25. The summed E-state index contributed by atoms with van der Waals surface area (Å²) in [7, 11) is 1.85. The normalized spacial score (nSPS) is 20.6. The number of hydrogen-bond donors (Lipinski definition) is 1. The van der Waals surface area contributed by atoms with Gasteiger partial charge in [0.05, 0.1) is 0 Å². The highest BCUT2D eigenvalue weighted by molar-refractivity contribution is 5.77. The van der Waals surface area contributed by atoms with Crippen molar-refractivity contribution in [3.05, 3.63) is 30.6 Å². The number of aromatic nitrogens is 3. The third kappa shape index (κ3) is 3.93. The fourth-order valence-corrected chi connectivity index (χ4v) is 3.19. The van der Waals surface area contributed by atoms with E-state index < -0.39 is 0 Å². The Bertz CT molecular complexity index is 681. The number of nitrogens with one attached hydrogen (secondary N) is 1. The van der Waals surface area contributed by atoms with Crippen molar-refractivity contribution in [3.63, 3.8) is 0 Å². The van der Waals surface area contributed by atoms with Crippen molar-refractivity contribution in [2.24, 2.45) is 13.0 Å². The standard InChI is InChI=1S/C18H24N4O2/c1-13-5-3-4-6-16(13)21-17(23)11-24-15-9-7-14(8-10-15)18-19-12-20-22(18)2/h7-10,12-13,16H,3-6,11H2,1-2H3,(H,21,23). The molecule has 1 N–H and O–H groups in total. The number of ether oxygens (including phenoxy) is 1. The molecule has 6 heteroatoms. The van der Waals surface area contributed by atoms with Gasteiger partial charge in [0.2, 0.25) is 0 Å². The first-order valence-corrected chi connectivity index (χ1v) is 8.50. The third-order valence-electron chi connectivity index (χ3n) is 4.65. The molecule has 1 heterocycles. The van der Waals surface area contributed by atoms with Crippen LogP contribution in [0.25, 0.3) is 11.4 Å². The minimum atomic E-state index is -0.0499. The van der Waals surface area contributed by atoms with Gasteiger partial charge in [-0.25, -0.2) is 9.67 Å². The highest BCUT2D eigenvalue weighted by atomic mass is 16.5. The molecule has 0 aliphatic heterocycles. The number of rotatable bonds is 5. The first-order chi connectivity index (χ1) is 11.6. The molecule has 128 valence electrons. The van der Waals surface area contributed by atoms with Crippen molar-refractivity contribution in [2.45, 2.75) is 38.6 Å². The molecule has 1 aromatic carbocycles. The van der Waals surface area contributed by atoms with Crippen LogP contribution < -0.4 is 10.1 Å². The Morgan fingerprint density at radius 3 is 2.71 bits per heavy atom. The molecular weight excluding hydrogens is 304 g/mol. The Morgan fingerprint density at radius 1 is 1.29 bits per heavy atom. The van der Waals surface area contributed by atoms with Crippen LogP contribution in [0.5, 0.6) is 5.75 Å². The maximum atomic E-state index is 12.1. The van der Waals surface area contributed by atoms with E-state index in [1.165, 1.54) is 25.6 Å². The van der Waals surface area contributed by atoms with Crippen molar-refractivity contribution >= 4 is 5.91 Å². The molecule has 1 saturated carbocycles. The molecule has 1 aliphatic rings. The smallest absolute Gasteiger partial charge is 0.258 e. The Labute approximate surface area is 142 Å². The maximum Gasteiger partial charge on any atom is 0.258 e. The van der Waals surface area contributed by atoms with Crippen molar-refractivity contribution in [1.82, 2.24) is 20.1 Å². The predicted octanol–water partition coefficient (Wildman–Crippen LogP) is 2.56. The molecule has 1 aromatic heterocycles. The lowest BCUT2D eigenvalue weighted by Crippen LogP contribution is -2.43. The van der Waals surface area contributed by atoms with Crippen LogP contribution in [0.4, 0.5) is 0 Å². The van der Waals surface area contributed by atoms with Gasteiger partial charge in [0.15, 0.2) is 12.4 Å². The van der Waals surface area contributed by atoms with Crippen LogP contribution in [0.15, 0.2) is 30.6 Å². The van der Waals surface area contributed by atoms with E-state index in [0.717, 1.165) is 17.8 Å². The Hall–Kier alpha value is -2.37. The Morgan fingerprint density at radius 2 is 2.04 bits per heavy atom. The lowest BCUT2D eigenvalue weighted by molar-refractivity contribution is -0.124. The fourth-order valence-electron chi connectivity index (χ4n) is 3.19. The summed E-state index contributed by atoms with van der Waals surface area (Å²) < 4.78 is 7.31. The van der Waals surface area contributed by atoms with Crippen LogP contribution >= 0.6 is 0 Å². The van der Waals surface area contributed by atoms with Crippen molar-refractivity contribution in [1.29, 1.82) is 0 Å². The van der Waals surface area contributed by atoms with Gasteiger partial charge in [-0.3, -0.25) is 4.79 Å². The summed E-state index contributed by atoms with van der Waals surface area (Å²) in [5.74, 6) is 1.97. The van der Waals surface area contributed by atoms with Crippen LogP contribution in [-0.4, -0.2) is 33.3 Å². The average molecular weight is 328 g/mol. The quantitative estimate of drug-likeness (QED) is 0.916. The number of nitrogens with zero attached hydrogens (tertiary/aromatic N) is 3. The summed E-state index contributed by atoms with van der Waals surface area (Å²) in [5, 5.41) is 7.15. The van der Waals surface area contributed by atoms with Crippen molar-refractivity contribution < 1.29 is 9.53 Å². The van der Waals surface area contributed by atoms with Gasteiger partial charge in [-0.05, 0) is 43.0 Å². The summed E-state index contributed by atoms with van der Waals surface area (Å²) in [6, 6.07) is 7.82. The second kappa shape index (κ2) is 7.47. The van der Waals surface area contributed by atoms with Crippen LogP contribution in [0.1, 0.15) is 32.6 Å². The van der Waals surface area contributed by atoms with E-state index in [1.807, 2.05) is 31.3 Å². The van der Waals surface area contributed by atoms with Crippen molar-refractivity contribution in [2.75, 3.05) is 6.61 Å². The summed E-state index contributed by atoms with van der Waals surface area (Å²) in [5.41, 5.74) is 0.961. The molecule has 24 heavy (non-hydrogen) atoms. The number of carbonyl (C=O) groups is 1. The molecule has 2 aromatic rings. The van der Waals surface area contributed by atoms with Crippen LogP contribution in [0.2, 0.25) is 0 Å². The number of hydrogen-bond acceptors (Lipinski definition) is 4. The van der Waals surface area contributed by atoms with Crippen molar-refractivity contribution in [3.8, 4) is 17.1 Å². The molecule has 2 unspecified atom stereocenters. The molecule has 0 radical (unpaired) electrons. The van der Waals surface area contributed by atoms with E-state index in [2.05, 4.69) is 22.3 Å². The van der Waals surface area contributed by atoms with E-state index in [-0.39, 0.29) is 18.6 Å². The molecule has 1 aliphatic carbocycles. The fraction of sp³-hybridized carbons (Fsp3) is 0.500. The zero-order chi connectivity index (χ0) is 16.9. The van der Waals surface area contributed by atoms with E-state index in [1.54, 1.807) is 4.68 Å². The minimum absolute atomic E-state index is 0.0481. The highest BCUT2D eigenvalue weighted by Crippen LogP contribution is 2.24. The van der Waals surface area contributed by atoms with Gasteiger partial charge in [0.25, 0.3) is 5.91 Å². The molecular formula is C18H24N4O2. The second-order valence-corrected chi connectivity index (χ2v) is 6.46. The number of aryl methyl sites for hydroxylation is 1. The molecule has 1 fully saturated rings. The van der Waals surface area contributed by atoms with E-state index in [4.69, 9.17) is 4.74 Å². The zero-order valence-corrected chi connectivity index (χ0v) is 14.2. The van der Waals surface area contributed by atoms with Gasteiger partial charge < -0.3 is 10.1 Å². The topological polar surface area (TPSA) is 69.0 Å². The highest BCUT2D eigenvalue weighted by Gasteiger charge is 2.22. The summed E-state index contributed by atoms with van der Waals surface area (Å²) in [6.07, 6.45) is 6.24. The van der Waals surface area contributed by atoms with Gasteiger partial charge in [-0.2, -0.15) is 5.10 Å².